The molecule has 0 bridgehead atoms. The van der Waals surface area contributed by atoms with Crippen molar-refractivity contribution >= 4 is 17.8 Å². The minimum atomic E-state index is -0.707. The Morgan fingerprint density at radius 2 is 1.87 bits per heavy atom. The third kappa shape index (κ3) is 4.07. The second-order valence-corrected chi connectivity index (χ2v) is 9.85. The number of imide groups is 1. The summed E-state index contributed by atoms with van der Waals surface area (Å²) in [5.74, 6) is 0.105. The van der Waals surface area contributed by atoms with E-state index in [0.717, 1.165) is 56.9 Å². The van der Waals surface area contributed by atoms with Gasteiger partial charge in [0.15, 0.2) is 0 Å². The highest BCUT2D eigenvalue weighted by molar-refractivity contribution is 6.07. The van der Waals surface area contributed by atoms with Crippen molar-refractivity contribution in [2.45, 2.75) is 82.5 Å². The van der Waals surface area contributed by atoms with Gasteiger partial charge in [0.05, 0.1) is 6.67 Å². The molecule has 0 radical (unpaired) electrons. The van der Waals surface area contributed by atoms with Gasteiger partial charge in [-0.3, -0.25) is 14.5 Å². The molecule has 0 aromatic heterocycles. The molecule has 1 heterocycles. The maximum Gasteiger partial charge on any atom is 0.326 e. The lowest BCUT2D eigenvalue weighted by molar-refractivity contribution is -0.135. The molecule has 5 rings (SSSR count). The summed E-state index contributed by atoms with van der Waals surface area (Å²) in [7, 11) is 0. The number of hydrogen-bond acceptors (Lipinski definition) is 4. The first kappa shape index (κ1) is 20.5. The van der Waals surface area contributed by atoms with Crippen molar-refractivity contribution in [2.75, 3.05) is 6.67 Å². The molecule has 3 saturated carbocycles. The molecule has 1 spiro atoms. The highest BCUT2D eigenvalue weighted by Gasteiger charge is 2.55. The predicted octanol–water partition coefficient (Wildman–Crippen LogP) is 3.00. The summed E-state index contributed by atoms with van der Waals surface area (Å²) in [4.78, 5) is 42.0. The summed E-state index contributed by atoms with van der Waals surface area (Å²) in [6.45, 7) is 3.07. The fourth-order valence-electron chi connectivity index (χ4n) is 5.03. The Bertz CT molecular complexity index is 877. The van der Waals surface area contributed by atoms with Gasteiger partial charge in [-0.05, 0) is 62.1 Å². The molecule has 2 atom stereocenters. The Balaban J connectivity index is 1.26. The zero-order valence-corrected chi connectivity index (χ0v) is 18.2. The summed E-state index contributed by atoms with van der Waals surface area (Å²) >= 11 is 0. The van der Waals surface area contributed by atoms with Crippen molar-refractivity contribution in [1.29, 1.82) is 0 Å². The molecule has 0 unspecified atom stereocenters. The molecule has 1 aromatic rings. The Morgan fingerprint density at radius 1 is 1.13 bits per heavy atom. The topological polar surface area (TPSA) is 81.8 Å². The number of nitrogens with one attached hydrogen (secondary N) is 2. The lowest BCUT2D eigenvalue weighted by atomic mass is 9.73. The van der Waals surface area contributed by atoms with Crippen LogP contribution in [0.3, 0.4) is 0 Å². The molecule has 3 aliphatic carbocycles. The largest absolute Gasteiger partial charge is 0.349 e. The summed E-state index contributed by atoms with van der Waals surface area (Å²) in [6.07, 6.45) is 8.15. The van der Waals surface area contributed by atoms with Crippen molar-refractivity contribution in [2.24, 2.45) is 5.92 Å². The maximum atomic E-state index is 13.3. The third-order valence-corrected chi connectivity index (χ3v) is 7.40. The summed E-state index contributed by atoms with van der Waals surface area (Å²) in [5, 5.41) is 6.06. The average molecular weight is 425 g/mol. The molecular formula is C24H32N4O3. The summed E-state index contributed by atoms with van der Waals surface area (Å²) < 4.78 is 0. The van der Waals surface area contributed by atoms with Gasteiger partial charge in [-0.25, -0.2) is 9.69 Å². The zero-order chi connectivity index (χ0) is 21.6. The second kappa shape index (κ2) is 7.93. The highest BCUT2D eigenvalue weighted by atomic mass is 16.2. The highest BCUT2D eigenvalue weighted by Crippen LogP contribution is 2.39. The monoisotopic (exact) mass is 424 g/mol. The van der Waals surface area contributed by atoms with Gasteiger partial charge in [-0.2, -0.15) is 0 Å². The SMILES string of the molecule is C[C@@H]1CCCC[C@@]12NC(=O)N(CN(Cc1ccc(C(=O)NC3CC3)cc1)C1CC1)C2=O. The Hall–Kier alpha value is -2.41. The van der Waals surface area contributed by atoms with E-state index in [4.69, 9.17) is 0 Å². The van der Waals surface area contributed by atoms with Crippen LogP contribution in [0.25, 0.3) is 0 Å². The fraction of sp³-hybridized carbons (Fsp3) is 0.625. The number of rotatable bonds is 7. The number of nitrogens with zero attached hydrogens (tertiary/aromatic N) is 2. The quantitative estimate of drug-likeness (QED) is 0.660. The average Bonchev–Trinajstić information content (AvgIpc) is 3.67. The second-order valence-electron chi connectivity index (χ2n) is 9.85. The zero-order valence-electron chi connectivity index (χ0n) is 18.2. The molecule has 2 N–H and O–H groups in total. The summed E-state index contributed by atoms with van der Waals surface area (Å²) in [5.41, 5.74) is 1.06. The van der Waals surface area contributed by atoms with Crippen molar-refractivity contribution in [3.63, 3.8) is 0 Å². The number of hydrogen-bond donors (Lipinski definition) is 2. The van der Waals surface area contributed by atoms with E-state index in [1.165, 1.54) is 4.90 Å². The molecular weight excluding hydrogens is 392 g/mol. The first-order valence-corrected chi connectivity index (χ1v) is 11.7. The molecule has 4 amide bonds. The van der Waals surface area contributed by atoms with Gasteiger partial charge in [-0.1, -0.05) is 31.9 Å². The van der Waals surface area contributed by atoms with Crippen LogP contribution in [0.1, 0.15) is 74.2 Å². The van der Waals surface area contributed by atoms with Gasteiger partial charge in [0.1, 0.15) is 5.54 Å². The molecule has 4 fully saturated rings. The number of amides is 4. The smallest absolute Gasteiger partial charge is 0.326 e. The van der Waals surface area contributed by atoms with Gasteiger partial charge < -0.3 is 10.6 Å². The van der Waals surface area contributed by atoms with Crippen LogP contribution in [-0.4, -0.2) is 51.9 Å². The summed E-state index contributed by atoms with van der Waals surface area (Å²) in [6, 6.07) is 8.18. The number of benzene rings is 1. The van der Waals surface area contributed by atoms with Crippen LogP contribution < -0.4 is 10.6 Å². The van der Waals surface area contributed by atoms with Crippen molar-refractivity contribution in [3.05, 3.63) is 35.4 Å². The molecule has 31 heavy (non-hydrogen) atoms. The number of carbonyl (C=O) groups is 3. The van der Waals surface area contributed by atoms with Crippen molar-refractivity contribution < 1.29 is 14.4 Å². The van der Waals surface area contributed by atoms with E-state index in [9.17, 15) is 14.4 Å². The lowest BCUT2D eigenvalue weighted by Crippen LogP contribution is -2.54. The van der Waals surface area contributed by atoms with Crippen molar-refractivity contribution in [1.82, 2.24) is 20.4 Å². The molecule has 7 heteroatoms. The Kier molecular flexibility index (Phi) is 5.24. The van der Waals surface area contributed by atoms with E-state index in [1.807, 2.05) is 24.3 Å². The van der Waals surface area contributed by atoms with E-state index >= 15 is 0 Å². The lowest BCUT2D eigenvalue weighted by Gasteiger charge is -2.37. The Morgan fingerprint density at radius 3 is 2.52 bits per heavy atom. The van der Waals surface area contributed by atoms with Gasteiger partial charge in [-0.15, -0.1) is 0 Å². The van der Waals surface area contributed by atoms with Crippen LogP contribution in [0.2, 0.25) is 0 Å². The van der Waals surface area contributed by atoms with Crippen LogP contribution in [0, 0.1) is 5.92 Å². The molecule has 7 nitrogen and oxygen atoms in total. The first-order valence-electron chi connectivity index (χ1n) is 11.7. The van der Waals surface area contributed by atoms with Crippen LogP contribution in [0.15, 0.2) is 24.3 Å². The van der Waals surface area contributed by atoms with E-state index in [2.05, 4.69) is 22.5 Å². The minimum absolute atomic E-state index is 0.0145. The van der Waals surface area contributed by atoms with Crippen LogP contribution in [0.5, 0.6) is 0 Å². The number of urea groups is 1. The van der Waals surface area contributed by atoms with E-state index < -0.39 is 5.54 Å². The van der Waals surface area contributed by atoms with Gasteiger partial charge in [0, 0.05) is 24.2 Å². The van der Waals surface area contributed by atoms with Gasteiger partial charge in [0.25, 0.3) is 11.8 Å². The first-order chi connectivity index (χ1) is 15.0. The van der Waals surface area contributed by atoms with Crippen molar-refractivity contribution in [3.8, 4) is 0 Å². The Labute approximate surface area is 183 Å². The molecule has 1 aromatic carbocycles. The van der Waals surface area contributed by atoms with Gasteiger partial charge >= 0.3 is 6.03 Å². The van der Waals surface area contributed by atoms with Crippen LogP contribution in [-0.2, 0) is 11.3 Å². The maximum absolute atomic E-state index is 13.3. The van der Waals surface area contributed by atoms with E-state index in [1.54, 1.807) is 0 Å². The normalized spacial score (nSPS) is 28.3. The van der Waals surface area contributed by atoms with Gasteiger partial charge in [0.2, 0.25) is 0 Å². The number of carbonyl (C=O) groups excluding carboxylic acids is 3. The van der Waals surface area contributed by atoms with Crippen LogP contribution in [0.4, 0.5) is 4.79 Å². The standard InChI is InChI=1S/C24H32N4O3/c1-16-4-2-3-13-24(16)22(30)28(23(31)26-24)15-27(20-11-12-20)14-17-5-7-18(8-6-17)21(29)25-19-9-10-19/h5-8,16,19-20H,2-4,9-15H2,1H3,(H,25,29)(H,26,31)/t16-,24-/m1/s1. The molecule has 4 aliphatic rings. The molecule has 166 valence electrons. The molecule has 1 saturated heterocycles. The van der Waals surface area contributed by atoms with Crippen LogP contribution >= 0.6 is 0 Å². The third-order valence-electron chi connectivity index (χ3n) is 7.40. The minimum Gasteiger partial charge on any atom is -0.349 e. The van der Waals surface area contributed by atoms with E-state index in [0.29, 0.717) is 30.9 Å². The molecule has 1 aliphatic heterocycles. The van der Waals surface area contributed by atoms with E-state index in [-0.39, 0.29) is 23.8 Å². The predicted molar refractivity (Wildman–Crippen MR) is 116 cm³/mol. The fourth-order valence-corrected chi connectivity index (χ4v) is 5.03.